The average Bonchev–Trinajstić information content (AvgIpc) is 2.49. The van der Waals surface area contributed by atoms with Crippen LogP contribution in [0.2, 0.25) is 5.02 Å². The lowest BCUT2D eigenvalue weighted by Gasteiger charge is -2.01. The van der Waals surface area contributed by atoms with E-state index in [2.05, 4.69) is 10.3 Å². The third kappa shape index (κ3) is 3.83. The number of nitrogens with zero attached hydrogens (tertiary/aromatic N) is 1. The van der Waals surface area contributed by atoms with Crippen molar-refractivity contribution in [1.29, 1.82) is 0 Å². The third-order valence-corrected chi connectivity index (χ3v) is 2.77. The van der Waals surface area contributed by atoms with E-state index in [4.69, 9.17) is 16.3 Å². The fraction of sp³-hybridized carbons (Fsp3) is 0.0667. The third-order valence-electron chi connectivity index (χ3n) is 2.55. The van der Waals surface area contributed by atoms with Crippen molar-refractivity contribution in [2.75, 3.05) is 12.4 Å². The number of hydrogen-bond acceptors (Lipinski definition) is 4. The standard InChI is InChI=1S/C15H13ClN2O2/c1-20-13-4-2-3-11(9-13)14(19)7-8-17-15-6-5-12(16)10-18-15/h2-10H,1H3,(H,17,18). The first kappa shape index (κ1) is 14.1. The zero-order valence-corrected chi connectivity index (χ0v) is 11.6. The van der Waals surface area contributed by atoms with Crippen molar-refractivity contribution in [1.82, 2.24) is 4.98 Å². The lowest BCUT2D eigenvalue weighted by atomic mass is 10.1. The number of nitrogens with one attached hydrogen (secondary N) is 1. The number of carbonyl (C=O) groups is 1. The number of halogens is 1. The van der Waals surface area contributed by atoms with Crippen LogP contribution < -0.4 is 10.1 Å². The second-order valence-electron chi connectivity index (χ2n) is 3.94. The maximum absolute atomic E-state index is 11.9. The summed E-state index contributed by atoms with van der Waals surface area (Å²) in [6, 6.07) is 10.4. The van der Waals surface area contributed by atoms with E-state index in [-0.39, 0.29) is 5.78 Å². The predicted octanol–water partition coefficient (Wildman–Crippen LogP) is 3.55. The molecule has 0 spiro atoms. The van der Waals surface area contributed by atoms with Crippen LogP contribution in [0.5, 0.6) is 5.75 Å². The molecule has 102 valence electrons. The molecule has 1 heterocycles. The van der Waals surface area contributed by atoms with Crippen LogP contribution in [-0.2, 0) is 0 Å². The molecule has 0 amide bonds. The molecular weight excluding hydrogens is 276 g/mol. The van der Waals surface area contributed by atoms with Crippen molar-refractivity contribution >= 4 is 23.2 Å². The molecule has 4 nitrogen and oxygen atoms in total. The molecule has 0 radical (unpaired) electrons. The van der Waals surface area contributed by atoms with Gasteiger partial charge < -0.3 is 10.1 Å². The quantitative estimate of drug-likeness (QED) is 0.675. The van der Waals surface area contributed by atoms with Crippen LogP contribution in [0.3, 0.4) is 0 Å². The summed E-state index contributed by atoms with van der Waals surface area (Å²) < 4.78 is 5.08. The van der Waals surface area contributed by atoms with Crippen LogP contribution in [0.15, 0.2) is 54.9 Å². The van der Waals surface area contributed by atoms with Crippen molar-refractivity contribution in [3.8, 4) is 5.75 Å². The van der Waals surface area contributed by atoms with E-state index in [0.717, 1.165) is 0 Å². The number of allylic oxidation sites excluding steroid dienone is 1. The van der Waals surface area contributed by atoms with Gasteiger partial charge in [0.2, 0.25) is 0 Å². The van der Waals surface area contributed by atoms with Gasteiger partial charge in [0, 0.05) is 24.0 Å². The summed E-state index contributed by atoms with van der Waals surface area (Å²) in [4.78, 5) is 16.0. The number of benzene rings is 1. The molecule has 0 aliphatic rings. The molecule has 0 aliphatic carbocycles. The zero-order chi connectivity index (χ0) is 14.4. The molecule has 0 saturated carbocycles. The summed E-state index contributed by atoms with van der Waals surface area (Å²) in [6.45, 7) is 0. The highest BCUT2D eigenvalue weighted by Crippen LogP contribution is 2.13. The first-order valence-corrected chi connectivity index (χ1v) is 6.30. The molecule has 1 aromatic carbocycles. The molecule has 1 N–H and O–H groups in total. The lowest BCUT2D eigenvalue weighted by molar-refractivity contribution is 0.104. The van der Waals surface area contributed by atoms with E-state index in [1.807, 2.05) is 0 Å². The summed E-state index contributed by atoms with van der Waals surface area (Å²) >= 11 is 5.73. The monoisotopic (exact) mass is 288 g/mol. The average molecular weight is 289 g/mol. The van der Waals surface area contributed by atoms with E-state index in [1.54, 1.807) is 43.5 Å². The SMILES string of the molecule is COc1cccc(C(=O)C=CNc2ccc(Cl)cn2)c1. The molecule has 1 aromatic heterocycles. The first-order chi connectivity index (χ1) is 9.69. The minimum atomic E-state index is -0.120. The summed E-state index contributed by atoms with van der Waals surface area (Å²) in [5.41, 5.74) is 0.562. The minimum absolute atomic E-state index is 0.120. The number of ketones is 1. The Morgan fingerprint density at radius 1 is 1.35 bits per heavy atom. The van der Waals surface area contributed by atoms with Gasteiger partial charge in [-0.05, 0) is 24.3 Å². The normalized spacial score (nSPS) is 10.5. The van der Waals surface area contributed by atoms with Crippen molar-refractivity contribution in [3.05, 3.63) is 65.5 Å². The van der Waals surface area contributed by atoms with Gasteiger partial charge in [0.25, 0.3) is 0 Å². The summed E-state index contributed by atoms with van der Waals surface area (Å²) in [5, 5.41) is 3.46. The predicted molar refractivity (Wildman–Crippen MR) is 79.3 cm³/mol. The highest BCUT2D eigenvalue weighted by atomic mass is 35.5. The Morgan fingerprint density at radius 3 is 2.90 bits per heavy atom. The Labute approximate surface area is 122 Å². The van der Waals surface area contributed by atoms with Gasteiger partial charge in [-0.25, -0.2) is 4.98 Å². The van der Waals surface area contributed by atoms with E-state index in [1.165, 1.54) is 18.5 Å². The summed E-state index contributed by atoms with van der Waals surface area (Å²) in [7, 11) is 1.56. The number of ether oxygens (including phenoxy) is 1. The zero-order valence-electron chi connectivity index (χ0n) is 10.8. The molecule has 0 bridgehead atoms. The number of aromatic nitrogens is 1. The van der Waals surface area contributed by atoms with E-state index < -0.39 is 0 Å². The maximum Gasteiger partial charge on any atom is 0.187 e. The van der Waals surface area contributed by atoms with E-state index in [0.29, 0.717) is 22.2 Å². The molecule has 20 heavy (non-hydrogen) atoms. The highest BCUT2D eigenvalue weighted by molar-refractivity contribution is 6.30. The van der Waals surface area contributed by atoms with Crippen molar-refractivity contribution in [2.45, 2.75) is 0 Å². The molecule has 0 aliphatic heterocycles. The Kier molecular flexibility index (Phi) is 4.74. The molecule has 5 heteroatoms. The maximum atomic E-state index is 11.9. The van der Waals surface area contributed by atoms with Gasteiger partial charge in [-0.2, -0.15) is 0 Å². The minimum Gasteiger partial charge on any atom is -0.497 e. The van der Waals surface area contributed by atoms with Crippen LogP contribution in [0, 0.1) is 0 Å². The van der Waals surface area contributed by atoms with E-state index in [9.17, 15) is 4.79 Å². The summed E-state index contributed by atoms with van der Waals surface area (Å²) in [6.07, 6.45) is 4.50. The largest absolute Gasteiger partial charge is 0.497 e. The second-order valence-corrected chi connectivity index (χ2v) is 4.37. The van der Waals surface area contributed by atoms with Crippen LogP contribution in [0.4, 0.5) is 5.82 Å². The molecular formula is C15H13ClN2O2. The lowest BCUT2D eigenvalue weighted by Crippen LogP contribution is -1.97. The van der Waals surface area contributed by atoms with Crippen LogP contribution >= 0.6 is 11.6 Å². The van der Waals surface area contributed by atoms with Crippen LogP contribution in [0.25, 0.3) is 0 Å². The van der Waals surface area contributed by atoms with Gasteiger partial charge in [-0.1, -0.05) is 23.7 Å². The van der Waals surface area contributed by atoms with Crippen molar-refractivity contribution in [3.63, 3.8) is 0 Å². The van der Waals surface area contributed by atoms with Crippen molar-refractivity contribution < 1.29 is 9.53 Å². The number of pyridine rings is 1. The molecule has 2 rings (SSSR count). The van der Waals surface area contributed by atoms with Gasteiger partial charge in [-0.15, -0.1) is 0 Å². The van der Waals surface area contributed by atoms with Crippen molar-refractivity contribution in [2.24, 2.45) is 0 Å². The number of anilines is 1. The molecule has 0 fully saturated rings. The Morgan fingerprint density at radius 2 is 2.20 bits per heavy atom. The van der Waals surface area contributed by atoms with E-state index >= 15 is 0 Å². The molecule has 0 unspecified atom stereocenters. The first-order valence-electron chi connectivity index (χ1n) is 5.92. The van der Waals surface area contributed by atoms with Gasteiger partial charge in [0.05, 0.1) is 12.1 Å². The topological polar surface area (TPSA) is 51.2 Å². The van der Waals surface area contributed by atoms with Crippen LogP contribution in [0.1, 0.15) is 10.4 Å². The van der Waals surface area contributed by atoms with Gasteiger partial charge in [0.15, 0.2) is 5.78 Å². The van der Waals surface area contributed by atoms with Gasteiger partial charge in [0.1, 0.15) is 11.6 Å². The Hall–Kier alpha value is -2.33. The van der Waals surface area contributed by atoms with Gasteiger partial charge in [-0.3, -0.25) is 4.79 Å². The Balaban J connectivity index is 2.00. The number of methoxy groups -OCH3 is 1. The number of rotatable bonds is 5. The van der Waals surface area contributed by atoms with Gasteiger partial charge >= 0.3 is 0 Å². The smallest absolute Gasteiger partial charge is 0.187 e. The summed E-state index contributed by atoms with van der Waals surface area (Å²) in [5.74, 6) is 1.14. The fourth-order valence-corrected chi connectivity index (χ4v) is 1.65. The number of carbonyl (C=O) groups excluding carboxylic acids is 1. The molecule has 0 saturated heterocycles. The van der Waals surface area contributed by atoms with Crippen LogP contribution in [-0.4, -0.2) is 17.9 Å². The molecule has 2 aromatic rings. The number of hydrogen-bond donors (Lipinski definition) is 1. The fourth-order valence-electron chi connectivity index (χ4n) is 1.54. The molecule has 0 atom stereocenters. The highest BCUT2D eigenvalue weighted by Gasteiger charge is 2.02. The second kappa shape index (κ2) is 6.73. The Bertz CT molecular complexity index is 624.